The van der Waals surface area contributed by atoms with Crippen molar-refractivity contribution in [1.29, 1.82) is 0 Å². The summed E-state index contributed by atoms with van der Waals surface area (Å²) in [7, 11) is 2.98. The summed E-state index contributed by atoms with van der Waals surface area (Å²) in [5.41, 5.74) is 1.19. The molecular weight excluding hydrogens is 350 g/mol. The second-order valence-corrected chi connectivity index (χ2v) is 6.20. The predicted molar refractivity (Wildman–Crippen MR) is 97.3 cm³/mol. The van der Waals surface area contributed by atoms with E-state index in [-0.39, 0.29) is 24.5 Å². The van der Waals surface area contributed by atoms with E-state index in [1.165, 1.54) is 25.4 Å². The molecule has 2 aromatic rings. The zero-order chi connectivity index (χ0) is 19.6. The summed E-state index contributed by atoms with van der Waals surface area (Å²) in [6.07, 6.45) is 1.46. The van der Waals surface area contributed by atoms with Gasteiger partial charge in [0.15, 0.2) is 0 Å². The number of rotatable bonds is 6. The number of methoxy groups -OCH3 is 2. The first-order valence-electron chi connectivity index (χ1n) is 8.45. The molecule has 1 saturated heterocycles. The Morgan fingerprint density at radius 2 is 2.04 bits per heavy atom. The summed E-state index contributed by atoms with van der Waals surface area (Å²) in [6.45, 7) is 2.30. The number of nitrogens with zero attached hydrogens (tertiary/aromatic N) is 1. The molecule has 0 aliphatic carbocycles. The number of furan rings is 1. The van der Waals surface area contributed by atoms with Gasteiger partial charge >= 0.3 is 0 Å². The lowest BCUT2D eigenvalue weighted by molar-refractivity contribution is -0.140. The monoisotopic (exact) mass is 371 g/mol. The Morgan fingerprint density at radius 3 is 2.67 bits per heavy atom. The van der Waals surface area contributed by atoms with Crippen molar-refractivity contribution in [3.8, 4) is 5.75 Å². The lowest BCUT2D eigenvalue weighted by atomic mass is 9.98. The lowest BCUT2D eigenvalue weighted by Gasteiger charge is -2.23. The Balaban J connectivity index is 2.19. The van der Waals surface area contributed by atoms with Gasteiger partial charge in [0.25, 0.3) is 11.7 Å². The van der Waals surface area contributed by atoms with Crippen molar-refractivity contribution in [1.82, 2.24) is 4.90 Å². The number of carbonyl (C=O) groups is 2. The number of ether oxygens (including phenoxy) is 2. The highest BCUT2D eigenvalue weighted by atomic mass is 16.5. The predicted octanol–water partition coefficient (Wildman–Crippen LogP) is 2.66. The SMILES string of the molecule is COCCN1C(=O)C(=O)/C(=C(\O)c2cc(C)ccc2OC)C1c1ccco1. The Kier molecular flexibility index (Phi) is 5.32. The fourth-order valence-corrected chi connectivity index (χ4v) is 3.19. The van der Waals surface area contributed by atoms with E-state index in [1.807, 2.05) is 13.0 Å². The highest BCUT2D eigenvalue weighted by Crippen LogP contribution is 2.41. The summed E-state index contributed by atoms with van der Waals surface area (Å²) >= 11 is 0. The number of aryl methyl sites for hydroxylation is 1. The summed E-state index contributed by atoms with van der Waals surface area (Å²) in [4.78, 5) is 26.7. The molecule has 1 N–H and O–H groups in total. The summed E-state index contributed by atoms with van der Waals surface area (Å²) < 4.78 is 15.8. The van der Waals surface area contributed by atoms with Gasteiger partial charge in [0.1, 0.15) is 23.3 Å². The Labute approximate surface area is 156 Å². The molecule has 0 spiro atoms. The molecule has 1 aliphatic heterocycles. The molecule has 1 aromatic heterocycles. The van der Waals surface area contributed by atoms with Crippen molar-refractivity contribution < 1.29 is 28.6 Å². The first-order valence-corrected chi connectivity index (χ1v) is 8.45. The van der Waals surface area contributed by atoms with E-state index in [9.17, 15) is 14.7 Å². The maximum Gasteiger partial charge on any atom is 0.295 e. The van der Waals surface area contributed by atoms with Crippen LogP contribution in [0.1, 0.15) is 22.9 Å². The number of carbonyl (C=O) groups excluding carboxylic acids is 2. The molecule has 7 nitrogen and oxygen atoms in total. The number of benzene rings is 1. The molecule has 1 amide bonds. The minimum Gasteiger partial charge on any atom is -0.507 e. The molecule has 27 heavy (non-hydrogen) atoms. The van der Waals surface area contributed by atoms with Crippen LogP contribution in [0.2, 0.25) is 0 Å². The molecule has 2 heterocycles. The van der Waals surface area contributed by atoms with Crippen molar-refractivity contribution >= 4 is 17.4 Å². The molecule has 1 unspecified atom stereocenters. The summed E-state index contributed by atoms with van der Waals surface area (Å²) in [5, 5.41) is 11.0. The molecule has 142 valence electrons. The van der Waals surface area contributed by atoms with Gasteiger partial charge in [0.05, 0.1) is 31.1 Å². The average molecular weight is 371 g/mol. The number of amides is 1. The first kappa shape index (κ1) is 18.7. The van der Waals surface area contributed by atoms with Gasteiger partial charge in [-0.3, -0.25) is 9.59 Å². The molecule has 0 bridgehead atoms. The van der Waals surface area contributed by atoms with Crippen molar-refractivity contribution in [2.24, 2.45) is 0 Å². The highest BCUT2D eigenvalue weighted by molar-refractivity contribution is 6.46. The van der Waals surface area contributed by atoms with E-state index in [1.54, 1.807) is 24.3 Å². The number of aliphatic hydroxyl groups excluding tert-OH is 1. The van der Waals surface area contributed by atoms with Gasteiger partial charge in [-0.25, -0.2) is 0 Å². The zero-order valence-electron chi connectivity index (χ0n) is 15.4. The molecule has 0 radical (unpaired) electrons. The van der Waals surface area contributed by atoms with Crippen LogP contribution in [0.4, 0.5) is 0 Å². The van der Waals surface area contributed by atoms with Crippen LogP contribution in [0.25, 0.3) is 5.76 Å². The second-order valence-electron chi connectivity index (χ2n) is 6.20. The third-order valence-corrected chi connectivity index (χ3v) is 4.50. The van der Waals surface area contributed by atoms with E-state index >= 15 is 0 Å². The number of Topliss-reactive ketones (excluding diaryl/α,β-unsaturated/α-hetero) is 1. The highest BCUT2D eigenvalue weighted by Gasteiger charge is 2.47. The van der Waals surface area contributed by atoms with Crippen molar-refractivity contribution in [2.75, 3.05) is 27.4 Å². The molecule has 0 saturated carbocycles. The van der Waals surface area contributed by atoms with Crippen LogP contribution in [-0.2, 0) is 14.3 Å². The Bertz CT molecular complexity index is 884. The largest absolute Gasteiger partial charge is 0.507 e. The fraction of sp³-hybridized carbons (Fsp3) is 0.300. The van der Waals surface area contributed by atoms with Gasteiger partial charge in [0, 0.05) is 13.7 Å². The molecule has 1 aliphatic rings. The van der Waals surface area contributed by atoms with Crippen LogP contribution >= 0.6 is 0 Å². The van der Waals surface area contributed by atoms with Crippen molar-refractivity contribution in [2.45, 2.75) is 13.0 Å². The van der Waals surface area contributed by atoms with Gasteiger partial charge in [-0.2, -0.15) is 0 Å². The molecule has 3 rings (SSSR count). The Hall–Kier alpha value is -3.06. The maximum absolute atomic E-state index is 12.8. The maximum atomic E-state index is 12.8. The summed E-state index contributed by atoms with van der Waals surface area (Å²) in [6, 6.07) is 7.73. The third-order valence-electron chi connectivity index (χ3n) is 4.50. The average Bonchev–Trinajstić information content (AvgIpc) is 3.27. The van der Waals surface area contributed by atoms with E-state index in [0.29, 0.717) is 17.1 Å². The van der Waals surface area contributed by atoms with E-state index < -0.39 is 17.7 Å². The van der Waals surface area contributed by atoms with Gasteiger partial charge in [-0.15, -0.1) is 0 Å². The van der Waals surface area contributed by atoms with E-state index in [4.69, 9.17) is 13.9 Å². The lowest BCUT2D eigenvalue weighted by Crippen LogP contribution is -2.32. The number of hydrogen-bond acceptors (Lipinski definition) is 6. The van der Waals surface area contributed by atoms with Gasteiger partial charge < -0.3 is 23.9 Å². The molecule has 1 aromatic carbocycles. The van der Waals surface area contributed by atoms with Gasteiger partial charge in [-0.05, 0) is 31.2 Å². The fourth-order valence-electron chi connectivity index (χ4n) is 3.19. The number of likely N-dealkylation sites (tertiary alicyclic amines) is 1. The number of hydrogen-bond donors (Lipinski definition) is 1. The number of ketones is 1. The normalized spacial score (nSPS) is 18.9. The molecule has 1 atom stereocenters. The number of aliphatic hydroxyl groups is 1. The van der Waals surface area contributed by atoms with Gasteiger partial charge in [0.2, 0.25) is 0 Å². The van der Waals surface area contributed by atoms with Crippen LogP contribution in [0.15, 0.2) is 46.6 Å². The minimum absolute atomic E-state index is 0.0325. The van der Waals surface area contributed by atoms with Crippen molar-refractivity contribution in [3.63, 3.8) is 0 Å². The van der Waals surface area contributed by atoms with Crippen LogP contribution in [0.3, 0.4) is 0 Å². The van der Waals surface area contributed by atoms with E-state index in [2.05, 4.69) is 0 Å². The van der Waals surface area contributed by atoms with Crippen molar-refractivity contribution in [3.05, 3.63) is 59.1 Å². The smallest absolute Gasteiger partial charge is 0.295 e. The topological polar surface area (TPSA) is 89.2 Å². The third kappa shape index (κ3) is 3.33. The first-order chi connectivity index (χ1) is 13.0. The van der Waals surface area contributed by atoms with Crippen LogP contribution in [-0.4, -0.2) is 49.1 Å². The quantitative estimate of drug-likeness (QED) is 0.477. The second kappa shape index (κ2) is 7.67. The molecule has 1 fully saturated rings. The van der Waals surface area contributed by atoms with Crippen LogP contribution in [0, 0.1) is 6.92 Å². The van der Waals surface area contributed by atoms with Gasteiger partial charge in [-0.1, -0.05) is 11.6 Å². The Morgan fingerprint density at radius 1 is 1.26 bits per heavy atom. The van der Waals surface area contributed by atoms with E-state index in [0.717, 1.165) is 5.56 Å². The summed E-state index contributed by atoms with van der Waals surface area (Å²) in [5.74, 6) is -0.983. The van der Waals surface area contributed by atoms with Crippen LogP contribution in [0.5, 0.6) is 5.75 Å². The molecular formula is C20H21NO6. The zero-order valence-corrected chi connectivity index (χ0v) is 15.4. The standard InChI is InChI=1S/C20H21NO6/c1-12-6-7-14(26-3)13(11-12)18(22)16-17(15-5-4-9-27-15)21(8-10-25-2)20(24)19(16)23/h4-7,9,11,17,22H,8,10H2,1-3H3/b18-16-. The van der Waals surface area contributed by atoms with Crippen LogP contribution < -0.4 is 4.74 Å². The molecule has 7 heteroatoms. The minimum atomic E-state index is -0.833.